The fourth-order valence-electron chi connectivity index (χ4n) is 3.89. The van der Waals surface area contributed by atoms with Gasteiger partial charge in [-0.2, -0.15) is 13.2 Å². The second kappa shape index (κ2) is 5.26. The highest BCUT2D eigenvalue weighted by atomic mass is 19.4. The molecule has 21 heavy (non-hydrogen) atoms. The molecule has 1 aliphatic carbocycles. The molecule has 118 valence electrons. The average molecular weight is 304 g/mol. The summed E-state index contributed by atoms with van der Waals surface area (Å²) in [4.78, 5) is 26.0. The van der Waals surface area contributed by atoms with E-state index in [1.807, 2.05) is 0 Å². The van der Waals surface area contributed by atoms with Crippen molar-refractivity contribution in [1.29, 1.82) is 0 Å². The number of amides is 2. The Kier molecular flexibility index (Phi) is 3.71. The number of imide groups is 1. The quantitative estimate of drug-likeness (QED) is 0.752. The number of piperidine rings is 1. The molecular weight excluding hydrogens is 285 g/mol. The normalized spacial score (nSPS) is 37.8. The molecular formula is C14H19F3N2O2. The van der Waals surface area contributed by atoms with Crippen molar-refractivity contribution in [3.05, 3.63) is 0 Å². The van der Waals surface area contributed by atoms with E-state index in [9.17, 15) is 22.8 Å². The topological polar surface area (TPSA) is 49.4 Å². The number of halogens is 3. The first-order valence-electron chi connectivity index (χ1n) is 7.56. The standard InChI is InChI=1S/C14H19F3N2O2/c15-14(16,17)11-6-5-8(7-18-11)19-12(20)9-3-1-2-4-10(9)13(19)21/h8-11,18H,1-7H2. The van der Waals surface area contributed by atoms with Gasteiger partial charge in [-0.3, -0.25) is 14.5 Å². The first-order valence-corrected chi connectivity index (χ1v) is 7.56. The third-order valence-electron chi connectivity index (χ3n) is 5.02. The number of fused-ring (bicyclic) bond motifs is 1. The highest BCUT2D eigenvalue weighted by Gasteiger charge is 2.52. The van der Waals surface area contributed by atoms with Gasteiger partial charge in [0.15, 0.2) is 0 Å². The SMILES string of the molecule is O=C1C2CCCCC2C(=O)N1C1CCC(C(F)(F)F)NC1. The molecule has 2 aliphatic heterocycles. The van der Waals surface area contributed by atoms with Crippen LogP contribution in [0.2, 0.25) is 0 Å². The van der Waals surface area contributed by atoms with Gasteiger partial charge in [0, 0.05) is 6.54 Å². The Morgan fingerprint density at radius 1 is 0.952 bits per heavy atom. The van der Waals surface area contributed by atoms with E-state index < -0.39 is 18.3 Å². The van der Waals surface area contributed by atoms with Gasteiger partial charge in [0.25, 0.3) is 0 Å². The first-order chi connectivity index (χ1) is 9.89. The third-order valence-corrected chi connectivity index (χ3v) is 5.02. The van der Waals surface area contributed by atoms with Crippen molar-refractivity contribution >= 4 is 11.8 Å². The number of likely N-dealkylation sites (tertiary alicyclic amines) is 1. The van der Waals surface area contributed by atoms with Crippen molar-refractivity contribution < 1.29 is 22.8 Å². The Hall–Kier alpha value is -1.11. The van der Waals surface area contributed by atoms with Crippen LogP contribution in [0.3, 0.4) is 0 Å². The van der Waals surface area contributed by atoms with Crippen molar-refractivity contribution in [2.24, 2.45) is 11.8 Å². The number of hydrogen-bond donors (Lipinski definition) is 1. The summed E-state index contributed by atoms with van der Waals surface area (Å²) in [7, 11) is 0. The molecule has 1 saturated carbocycles. The van der Waals surface area contributed by atoms with E-state index in [0.29, 0.717) is 0 Å². The fraction of sp³-hybridized carbons (Fsp3) is 0.857. The minimum absolute atomic E-state index is 0.0428. The summed E-state index contributed by atoms with van der Waals surface area (Å²) in [6, 6.07) is -1.95. The van der Waals surface area contributed by atoms with Crippen molar-refractivity contribution in [2.45, 2.75) is 56.8 Å². The molecule has 0 aromatic rings. The molecule has 3 rings (SSSR count). The summed E-state index contributed by atoms with van der Waals surface area (Å²) in [5, 5.41) is 2.44. The smallest absolute Gasteiger partial charge is 0.304 e. The summed E-state index contributed by atoms with van der Waals surface area (Å²) < 4.78 is 37.9. The number of nitrogens with one attached hydrogen (secondary N) is 1. The Bertz CT molecular complexity index is 420. The summed E-state index contributed by atoms with van der Waals surface area (Å²) >= 11 is 0. The number of rotatable bonds is 1. The Morgan fingerprint density at radius 2 is 1.52 bits per heavy atom. The van der Waals surface area contributed by atoms with Crippen LogP contribution in [0.1, 0.15) is 38.5 Å². The van der Waals surface area contributed by atoms with Crippen molar-refractivity contribution in [3.8, 4) is 0 Å². The number of alkyl halides is 3. The van der Waals surface area contributed by atoms with Gasteiger partial charge in [-0.15, -0.1) is 0 Å². The minimum atomic E-state index is -4.27. The molecule has 2 heterocycles. The molecule has 2 saturated heterocycles. The van der Waals surface area contributed by atoms with E-state index in [4.69, 9.17) is 0 Å². The molecule has 0 aromatic carbocycles. The lowest BCUT2D eigenvalue weighted by molar-refractivity contribution is -0.164. The minimum Gasteiger partial charge on any atom is -0.304 e. The predicted octanol–water partition coefficient (Wildman–Crippen LogP) is 1.84. The zero-order valence-electron chi connectivity index (χ0n) is 11.7. The van der Waals surface area contributed by atoms with Gasteiger partial charge in [0.2, 0.25) is 11.8 Å². The van der Waals surface area contributed by atoms with Crippen LogP contribution in [0, 0.1) is 11.8 Å². The number of carbonyl (C=O) groups is 2. The maximum absolute atomic E-state index is 12.6. The summed E-state index contributed by atoms with van der Waals surface area (Å²) in [6.45, 7) is 0.0428. The molecule has 2 amide bonds. The van der Waals surface area contributed by atoms with Crippen molar-refractivity contribution in [2.75, 3.05) is 6.54 Å². The molecule has 1 N–H and O–H groups in total. The van der Waals surface area contributed by atoms with Gasteiger partial charge >= 0.3 is 6.18 Å². The summed E-state index contributed by atoms with van der Waals surface area (Å²) in [5.74, 6) is -0.790. The lowest BCUT2D eigenvalue weighted by Gasteiger charge is -2.35. The van der Waals surface area contributed by atoms with Gasteiger partial charge in [0.05, 0.1) is 17.9 Å². The zero-order valence-corrected chi connectivity index (χ0v) is 11.7. The summed E-state index contributed by atoms with van der Waals surface area (Å²) in [5.41, 5.74) is 0. The van der Waals surface area contributed by atoms with Crippen LogP contribution < -0.4 is 5.32 Å². The zero-order chi connectivity index (χ0) is 15.2. The van der Waals surface area contributed by atoms with Gasteiger partial charge in [-0.05, 0) is 25.7 Å². The predicted molar refractivity (Wildman–Crippen MR) is 68.2 cm³/mol. The molecule has 4 unspecified atom stereocenters. The summed E-state index contributed by atoms with van der Waals surface area (Å²) in [6.07, 6.45) is -0.749. The van der Waals surface area contributed by atoms with Crippen LogP contribution in [0.4, 0.5) is 13.2 Å². The highest BCUT2D eigenvalue weighted by molar-refractivity contribution is 6.05. The maximum Gasteiger partial charge on any atom is 0.403 e. The van der Waals surface area contributed by atoms with E-state index in [1.165, 1.54) is 4.90 Å². The largest absolute Gasteiger partial charge is 0.403 e. The Morgan fingerprint density at radius 3 is 1.95 bits per heavy atom. The van der Waals surface area contributed by atoms with Gasteiger partial charge in [-0.1, -0.05) is 12.8 Å². The molecule has 4 atom stereocenters. The number of hydrogen-bond acceptors (Lipinski definition) is 3. The van der Waals surface area contributed by atoms with E-state index >= 15 is 0 Å². The van der Waals surface area contributed by atoms with Gasteiger partial charge in [-0.25, -0.2) is 0 Å². The number of carbonyl (C=O) groups excluding carboxylic acids is 2. The lowest BCUT2D eigenvalue weighted by Crippen LogP contribution is -2.55. The third kappa shape index (κ3) is 2.56. The van der Waals surface area contributed by atoms with Crippen LogP contribution in [-0.4, -0.2) is 41.5 Å². The highest BCUT2D eigenvalue weighted by Crippen LogP contribution is 2.40. The van der Waals surface area contributed by atoms with E-state index in [1.54, 1.807) is 0 Å². The van der Waals surface area contributed by atoms with Crippen LogP contribution >= 0.6 is 0 Å². The van der Waals surface area contributed by atoms with Crippen molar-refractivity contribution in [3.63, 3.8) is 0 Å². The fourth-order valence-corrected chi connectivity index (χ4v) is 3.89. The Labute approximate surface area is 121 Å². The van der Waals surface area contributed by atoms with E-state index in [0.717, 1.165) is 25.7 Å². The molecule has 0 bridgehead atoms. The van der Waals surface area contributed by atoms with Gasteiger partial charge in [0.1, 0.15) is 6.04 Å². The van der Waals surface area contributed by atoms with Crippen LogP contribution in [0.5, 0.6) is 0 Å². The molecule has 3 fully saturated rings. The van der Waals surface area contributed by atoms with E-state index in [2.05, 4.69) is 5.32 Å². The van der Waals surface area contributed by atoms with Crippen LogP contribution in [-0.2, 0) is 9.59 Å². The van der Waals surface area contributed by atoms with Crippen molar-refractivity contribution in [1.82, 2.24) is 10.2 Å². The Balaban J connectivity index is 1.68. The molecule has 0 spiro atoms. The molecule has 7 heteroatoms. The second-order valence-electron chi connectivity index (χ2n) is 6.28. The van der Waals surface area contributed by atoms with Crippen LogP contribution in [0.25, 0.3) is 0 Å². The lowest BCUT2D eigenvalue weighted by atomic mass is 9.81. The molecule has 0 radical (unpaired) electrons. The molecule has 4 nitrogen and oxygen atoms in total. The molecule has 3 aliphatic rings. The van der Waals surface area contributed by atoms with Gasteiger partial charge < -0.3 is 5.32 Å². The molecule has 0 aromatic heterocycles. The second-order valence-corrected chi connectivity index (χ2v) is 6.28. The number of nitrogens with zero attached hydrogens (tertiary/aromatic N) is 1. The average Bonchev–Trinajstić information content (AvgIpc) is 2.71. The maximum atomic E-state index is 12.6. The van der Waals surface area contributed by atoms with Crippen LogP contribution in [0.15, 0.2) is 0 Å². The monoisotopic (exact) mass is 304 g/mol. The van der Waals surface area contributed by atoms with E-state index in [-0.39, 0.29) is 43.0 Å². The first kappa shape index (κ1) is 14.8.